The number of thiophene rings is 1. The molecule has 32 heavy (non-hydrogen) atoms. The molecule has 178 valence electrons. The highest BCUT2D eigenvalue weighted by Gasteiger charge is 2.33. The van der Waals surface area contributed by atoms with Gasteiger partial charge in [0.25, 0.3) is 0 Å². The second-order valence-corrected chi connectivity index (χ2v) is 9.55. The van der Waals surface area contributed by atoms with Gasteiger partial charge in [0, 0.05) is 24.5 Å². The summed E-state index contributed by atoms with van der Waals surface area (Å²) in [6, 6.07) is 6.62. The van der Waals surface area contributed by atoms with Crippen LogP contribution in [-0.4, -0.2) is 54.0 Å². The van der Waals surface area contributed by atoms with Crippen molar-refractivity contribution in [1.82, 2.24) is 4.90 Å². The minimum atomic E-state index is -1.03. The monoisotopic (exact) mass is 464 g/mol. The number of carbonyl (C=O) groups excluding carboxylic acids is 2. The Balaban J connectivity index is 2.29. The maximum atomic E-state index is 13.4. The van der Waals surface area contributed by atoms with Crippen LogP contribution in [-0.2, 0) is 30.3 Å². The number of nitrogens with zero attached hydrogens (tertiary/aromatic N) is 1. The number of nitrogens with two attached hydrogens (primary N) is 1. The van der Waals surface area contributed by atoms with Gasteiger partial charge in [0.1, 0.15) is 5.60 Å². The summed E-state index contributed by atoms with van der Waals surface area (Å²) in [6.07, 6.45) is -0.801. The molecule has 0 spiro atoms. The Kier molecular flexibility index (Phi) is 9.64. The molecule has 0 aliphatic carbocycles. The number of carbonyl (C=O) groups is 2. The molecule has 1 aromatic carbocycles. The van der Waals surface area contributed by atoms with Crippen molar-refractivity contribution in [3.05, 3.63) is 35.2 Å². The van der Waals surface area contributed by atoms with Gasteiger partial charge in [0.2, 0.25) is 5.91 Å². The van der Waals surface area contributed by atoms with Gasteiger partial charge >= 0.3 is 5.97 Å². The number of amides is 1. The summed E-state index contributed by atoms with van der Waals surface area (Å²) < 4.78 is 18.0. The Morgan fingerprint density at radius 2 is 1.75 bits per heavy atom. The molecule has 2 atom stereocenters. The van der Waals surface area contributed by atoms with Crippen molar-refractivity contribution in [2.75, 3.05) is 13.2 Å². The number of esters is 1. The van der Waals surface area contributed by atoms with Crippen molar-refractivity contribution in [3.63, 3.8) is 0 Å². The maximum Gasteiger partial charge on any atom is 0.308 e. The number of hydrogen-bond donors (Lipinski definition) is 1. The second-order valence-electron chi connectivity index (χ2n) is 8.64. The molecule has 0 saturated heterocycles. The predicted molar refractivity (Wildman–Crippen MR) is 127 cm³/mol. The molecule has 2 rings (SSSR count). The van der Waals surface area contributed by atoms with Crippen molar-refractivity contribution in [1.29, 1.82) is 0 Å². The van der Waals surface area contributed by atoms with Crippen LogP contribution in [0.5, 0.6) is 0 Å². The van der Waals surface area contributed by atoms with E-state index in [2.05, 4.69) is 6.07 Å². The Labute approximate surface area is 194 Å². The van der Waals surface area contributed by atoms with E-state index in [0.717, 1.165) is 15.6 Å². The summed E-state index contributed by atoms with van der Waals surface area (Å²) in [4.78, 5) is 27.4. The third-order valence-electron chi connectivity index (χ3n) is 4.86. The third-order valence-corrected chi connectivity index (χ3v) is 5.87. The number of hydrogen-bond acceptors (Lipinski definition) is 7. The zero-order valence-corrected chi connectivity index (χ0v) is 20.7. The third kappa shape index (κ3) is 7.27. The molecule has 0 fully saturated rings. The van der Waals surface area contributed by atoms with Crippen LogP contribution in [0.15, 0.2) is 29.6 Å². The summed E-state index contributed by atoms with van der Waals surface area (Å²) >= 11 is 1.63. The van der Waals surface area contributed by atoms with Gasteiger partial charge in [-0.05, 0) is 63.9 Å². The van der Waals surface area contributed by atoms with E-state index in [-0.39, 0.29) is 12.3 Å². The van der Waals surface area contributed by atoms with E-state index < -0.39 is 29.9 Å². The van der Waals surface area contributed by atoms with Crippen LogP contribution in [0.3, 0.4) is 0 Å². The second kappa shape index (κ2) is 11.7. The Hall–Kier alpha value is -2.00. The van der Waals surface area contributed by atoms with Crippen LogP contribution in [0.25, 0.3) is 10.1 Å². The fourth-order valence-corrected chi connectivity index (χ4v) is 4.38. The standard InChI is InChI=1S/C24H36N2O5S/c1-7-29-23(30-8-2)16(3)26(14-17-15-32-20-12-10-9-11-18(17)20)22(28)19(25)13-21(27)31-24(4,5)6/h9-12,15-16,19,23H,7-8,13-14,25H2,1-6H3. The van der Waals surface area contributed by atoms with E-state index in [0.29, 0.717) is 19.8 Å². The zero-order chi connectivity index (χ0) is 23.9. The highest BCUT2D eigenvalue weighted by Crippen LogP contribution is 2.28. The van der Waals surface area contributed by atoms with Crippen molar-refractivity contribution in [2.45, 2.75) is 78.5 Å². The van der Waals surface area contributed by atoms with E-state index in [1.54, 1.807) is 37.0 Å². The fraction of sp³-hybridized carbons (Fsp3) is 0.583. The molecule has 0 radical (unpaired) electrons. The first kappa shape index (κ1) is 26.3. The molecule has 1 amide bonds. The maximum absolute atomic E-state index is 13.4. The van der Waals surface area contributed by atoms with Gasteiger partial charge in [0.05, 0.1) is 18.5 Å². The van der Waals surface area contributed by atoms with E-state index in [1.807, 2.05) is 44.4 Å². The van der Waals surface area contributed by atoms with Crippen LogP contribution in [0.1, 0.15) is 53.5 Å². The molecule has 7 nitrogen and oxygen atoms in total. The van der Waals surface area contributed by atoms with Crippen LogP contribution >= 0.6 is 11.3 Å². The predicted octanol–water partition coefficient (Wildman–Crippen LogP) is 4.08. The summed E-state index contributed by atoms with van der Waals surface area (Å²) in [6.45, 7) is 12.2. The lowest BCUT2D eigenvalue weighted by Crippen LogP contribution is -2.53. The highest BCUT2D eigenvalue weighted by molar-refractivity contribution is 7.17. The molecule has 0 saturated carbocycles. The summed E-state index contributed by atoms with van der Waals surface area (Å²) in [5.74, 6) is -0.846. The molecular weight excluding hydrogens is 428 g/mol. The molecule has 0 bridgehead atoms. The van der Waals surface area contributed by atoms with Gasteiger partial charge in [0.15, 0.2) is 6.29 Å². The van der Waals surface area contributed by atoms with Gasteiger partial charge in [-0.1, -0.05) is 18.2 Å². The van der Waals surface area contributed by atoms with Crippen LogP contribution in [0, 0.1) is 0 Å². The molecule has 0 aliphatic heterocycles. The first-order valence-electron chi connectivity index (χ1n) is 11.0. The first-order chi connectivity index (χ1) is 15.1. The Bertz CT molecular complexity index is 886. The van der Waals surface area contributed by atoms with E-state index in [9.17, 15) is 9.59 Å². The van der Waals surface area contributed by atoms with Gasteiger partial charge in [-0.3, -0.25) is 9.59 Å². The SMILES string of the molecule is CCOC(OCC)C(C)N(Cc1csc2ccccc12)C(=O)C(N)CC(=O)OC(C)(C)C. The van der Waals surface area contributed by atoms with Crippen molar-refractivity contribution in [3.8, 4) is 0 Å². The van der Waals surface area contributed by atoms with Crippen LogP contribution in [0.2, 0.25) is 0 Å². The lowest BCUT2D eigenvalue weighted by molar-refractivity contribution is -0.180. The average Bonchev–Trinajstić information content (AvgIpc) is 3.12. The molecule has 0 aliphatic rings. The molecule has 1 heterocycles. The molecule has 1 aromatic heterocycles. The van der Waals surface area contributed by atoms with Crippen LogP contribution in [0.4, 0.5) is 0 Å². The summed E-state index contributed by atoms with van der Waals surface area (Å²) in [5.41, 5.74) is 6.57. The quantitative estimate of drug-likeness (QED) is 0.398. The lowest BCUT2D eigenvalue weighted by atomic mass is 10.1. The van der Waals surface area contributed by atoms with Crippen molar-refractivity contribution in [2.24, 2.45) is 5.73 Å². The van der Waals surface area contributed by atoms with Crippen molar-refractivity contribution >= 4 is 33.3 Å². The van der Waals surface area contributed by atoms with Gasteiger partial charge in [-0.15, -0.1) is 11.3 Å². The molecule has 2 aromatic rings. The Morgan fingerprint density at radius 1 is 1.12 bits per heavy atom. The number of rotatable bonds is 11. The topological polar surface area (TPSA) is 91.1 Å². The Morgan fingerprint density at radius 3 is 2.34 bits per heavy atom. The molecule has 8 heteroatoms. The van der Waals surface area contributed by atoms with Crippen LogP contribution < -0.4 is 5.73 Å². The minimum Gasteiger partial charge on any atom is -0.460 e. The van der Waals surface area contributed by atoms with Gasteiger partial charge < -0.3 is 24.8 Å². The van der Waals surface area contributed by atoms with E-state index >= 15 is 0 Å². The first-order valence-corrected chi connectivity index (χ1v) is 11.9. The average molecular weight is 465 g/mol. The number of benzene rings is 1. The van der Waals surface area contributed by atoms with E-state index in [1.165, 1.54) is 0 Å². The minimum absolute atomic E-state index is 0.197. The zero-order valence-electron chi connectivity index (χ0n) is 19.9. The molecule has 2 N–H and O–H groups in total. The fourth-order valence-electron chi connectivity index (χ4n) is 3.43. The summed E-state index contributed by atoms with van der Waals surface area (Å²) in [5, 5.41) is 3.14. The molecule has 2 unspecified atom stereocenters. The smallest absolute Gasteiger partial charge is 0.308 e. The number of fused-ring (bicyclic) bond motifs is 1. The van der Waals surface area contributed by atoms with Gasteiger partial charge in [-0.2, -0.15) is 0 Å². The molecular formula is C24H36N2O5S. The lowest BCUT2D eigenvalue weighted by Gasteiger charge is -2.35. The highest BCUT2D eigenvalue weighted by atomic mass is 32.1. The van der Waals surface area contributed by atoms with Crippen molar-refractivity contribution < 1.29 is 23.8 Å². The van der Waals surface area contributed by atoms with E-state index in [4.69, 9.17) is 19.9 Å². The van der Waals surface area contributed by atoms with Gasteiger partial charge in [-0.25, -0.2) is 0 Å². The normalized spacial score (nSPS) is 13.9. The largest absolute Gasteiger partial charge is 0.460 e. The number of ether oxygens (including phenoxy) is 3. The summed E-state index contributed by atoms with van der Waals surface area (Å²) in [7, 11) is 0.